The highest BCUT2D eigenvalue weighted by Gasteiger charge is 2.08. The Hall–Kier alpha value is -1.65. The maximum Gasteiger partial charge on any atom is 0.126 e. The molecule has 0 spiro atoms. The van der Waals surface area contributed by atoms with Gasteiger partial charge in [0.2, 0.25) is 0 Å². The second-order valence-electron chi connectivity index (χ2n) is 5.14. The summed E-state index contributed by atoms with van der Waals surface area (Å²) < 4.78 is 20.2. The molecule has 0 radical (unpaired) electrons. The largest absolute Gasteiger partial charge is 0.494 e. The van der Waals surface area contributed by atoms with Crippen LogP contribution in [0.3, 0.4) is 0 Å². The normalized spacial score (nSPS) is 10.7. The van der Waals surface area contributed by atoms with Gasteiger partial charge in [-0.25, -0.2) is 4.39 Å². The van der Waals surface area contributed by atoms with E-state index in [4.69, 9.17) is 4.74 Å². The molecule has 2 aromatic carbocycles. The number of hydrogen-bond acceptors (Lipinski definition) is 2. The minimum absolute atomic E-state index is 0.163. The summed E-state index contributed by atoms with van der Waals surface area (Å²) in [5, 5.41) is 0. The van der Waals surface area contributed by atoms with Crippen molar-refractivity contribution in [1.29, 1.82) is 0 Å². The van der Waals surface area contributed by atoms with Gasteiger partial charge >= 0.3 is 0 Å². The number of hydrogen-bond donors (Lipinski definition) is 0. The average molecular weight is 391 g/mol. The standard InChI is InChI=1S/C19H16BrFOS/c1-2-22-16-6-3-13(4-7-16)19-10-8-17(23-19)12-14-11-15(20)5-9-18(14)21/h3-11H,2,12H2,1H3. The summed E-state index contributed by atoms with van der Waals surface area (Å²) >= 11 is 5.09. The van der Waals surface area contributed by atoms with Gasteiger partial charge in [0.25, 0.3) is 0 Å². The molecular formula is C19H16BrFOS. The van der Waals surface area contributed by atoms with E-state index in [0.717, 1.165) is 20.7 Å². The van der Waals surface area contributed by atoms with Crippen LogP contribution in [0.25, 0.3) is 10.4 Å². The lowest BCUT2D eigenvalue weighted by Crippen LogP contribution is -1.90. The van der Waals surface area contributed by atoms with Gasteiger partial charge in [-0.05, 0) is 72.6 Å². The first kappa shape index (κ1) is 16.2. The van der Waals surface area contributed by atoms with Crippen molar-refractivity contribution in [3.63, 3.8) is 0 Å². The minimum Gasteiger partial charge on any atom is -0.494 e. The molecule has 0 aliphatic rings. The van der Waals surface area contributed by atoms with Gasteiger partial charge in [0, 0.05) is 20.6 Å². The number of thiophene rings is 1. The zero-order valence-corrected chi connectivity index (χ0v) is 15.1. The Morgan fingerprint density at radius 2 is 1.83 bits per heavy atom. The summed E-state index contributed by atoms with van der Waals surface area (Å²) in [7, 11) is 0. The van der Waals surface area contributed by atoms with Crippen molar-refractivity contribution in [1.82, 2.24) is 0 Å². The molecule has 0 aliphatic heterocycles. The molecule has 0 N–H and O–H groups in total. The van der Waals surface area contributed by atoms with Gasteiger partial charge < -0.3 is 4.74 Å². The number of benzene rings is 2. The molecule has 0 fully saturated rings. The quantitative estimate of drug-likeness (QED) is 0.496. The molecule has 23 heavy (non-hydrogen) atoms. The van der Waals surface area contributed by atoms with E-state index in [1.807, 2.05) is 25.1 Å². The Balaban J connectivity index is 1.78. The molecule has 1 heterocycles. The van der Waals surface area contributed by atoms with Crippen molar-refractivity contribution < 1.29 is 9.13 Å². The van der Waals surface area contributed by atoms with Crippen LogP contribution in [0.4, 0.5) is 4.39 Å². The van der Waals surface area contributed by atoms with Crippen LogP contribution in [0, 0.1) is 5.82 Å². The molecular weight excluding hydrogens is 375 g/mol. The van der Waals surface area contributed by atoms with E-state index in [9.17, 15) is 4.39 Å². The lowest BCUT2D eigenvalue weighted by molar-refractivity contribution is 0.340. The van der Waals surface area contributed by atoms with Gasteiger partial charge in [0.05, 0.1) is 6.61 Å². The lowest BCUT2D eigenvalue weighted by atomic mass is 10.1. The van der Waals surface area contributed by atoms with E-state index in [2.05, 4.69) is 40.2 Å². The fourth-order valence-electron chi connectivity index (χ4n) is 2.38. The first-order chi connectivity index (χ1) is 11.2. The molecule has 1 nitrogen and oxygen atoms in total. The van der Waals surface area contributed by atoms with Crippen molar-refractivity contribution in [3.05, 3.63) is 75.3 Å². The molecule has 0 aliphatic carbocycles. The first-order valence-corrected chi connectivity index (χ1v) is 9.02. The number of ether oxygens (including phenoxy) is 1. The van der Waals surface area contributed by atoms with Gasteiger partial charge in [-0.2, -0.15) is 0 Å². The van der Waals surface area contributed by atoms with Crippen LogP contribution in [0.5, 0.6) is 5.75 Å². The third-order valence-electron chi connectivity index (χ3n) is 3.48. The van der Waals surface area contributed by atoms with Crippen LogP contribution in [-0.4, -0.2) is 6.61 Å². The van der Waals surface area contributed by atoms with Crippen LogP contribution >= 0.6 is 27.3 Å². The molecule has 0 unspecified atom stereocenters. The molecule has 0 amide bonds. The van der Waals surface area contributed by atoms with Crippen LogP contribution in [0.2, 0.25) is 0 Å². The molecule has 3 aromatic rings. The topological polar surface area (TPSA) is 9.23 Å². The number of halogens is 2. The zero-order valence-electron chi connectivity index (χ0n) is 12.7. The van der Waals surface area contributed by atoms with Gasteiger partial charge in [-0.15, -0.1) is 11.3 Å². The van der Waals surface area contributed by atoms with Crippen molar-refractivity contribution in [2.24, 2.45) is 0 Å². The van der Waals surface area contributed by atoms with Gasteiger partial charge in [0.15, 0.2) is 0 Å². The Morgan fingerprint density at radius 1 is 1.04 bits per heavy atom. The van der Waals surface area contributed by atoms with E-state index in [0.29, 0.717) is 18.6 Å². The van der Waals surface area contributed by atoms with Gasteiger partial charge in [-0.3, -0.25) is 0 Å². The predicted octanol–water partition coefficient (Wildman–Crippen LogP) is 6.31. The molecule has 3 rings (SSSR count). The van der Waals surface area contributed by atoms with Crippen LogP contribution in [0.1, 0.15) is 17.4 Å². The minimum atomic E-state index is -0.163. The third-order valence-corrected chi connectivity index (χ3v) is 5.11. The predicted molar refractivity (Wildman–Crippen MR) is 97.8 cm³/mol. The highest BCUT2D eigenvalue weighted by Crippen LogP contribution is 2.31. The molecule has 1 aromatic heterocycles. The third kappa shape index (κ3) is 4.01. The van der Waals surface area contributed by atoms with Crippen molar-refractivity contribution in [2.75, 3.05) is 6.61 Å². The highest BCUT2D eigenvalue weighted by atomic mass is 79.9. The zero-order chi connectivity index (χ0) is 16.2. The molecule has 0 bridgehead atoms. The summed E-state index contributed by atoms with van der Waals surface area (Å²) in [6.07, 6.45) is 0.604. The molecule has 0 saturated carbocycles. The highest BCUT2D eigenvalue weighted by molar-refractivity contribution is 9.10. The smallest absolute Gasteiger partial charge is 0.126 e. The molecule has 4 heteroatoms. The van der Waals surface area contributed by atoms with E-state index in [1.54, 1.807) is 17.4 Å². The summed E-state index contributed by atoms with van der Waals surface area (Å²) in [5.74, 6) is 0.716. The van der Waals surface area contributed by atoms with Gasteiger partial charge in [0.1, 0.15) is 11.6 Å². The van der Waals surface area contributed by atoms with Crippen LogP contribution in [-0.2, 0) is 6.42 Å². The molecule has 0 saturated heterocycles. The van der Waals surface area contributed by atoms with Gasteiger partial charge in [-0.1, -0.05) is 15.9 Å². The average Bonchev–Trinajstić information content (AvgIpc) is 3.01. The summed E-state index contributed by atoms with van der Waals surface area (Å²) in [5.41, 5.74) is 1.86. The number of rotatable bonds is 5. The van der Waals surface area contributed by atoms with Crippen molar-refractivity contribution >= 4 is 27.3 Å². The Kier molecular flexibility index (Phi) is 5.13. The monoisotopic (exact) mass is 390 g/mol. The van der Waals surface area contributed by atoms with E-state index in [-0.39, 0.29) is 5.82 Å². The fraction of sp³-hybridized carbons (Fsp3) is 0.158. The van der Waals surface area contributed by atoms with Crippen molar-refractivity contribution in [3.8, 4) is 16.2 Å². The molecule has 118 valence electrons. The second kappa shape index (κ2) is 7.28. The second-order valence-corrected chi connectivity index (χ2v) is 7.22. The van der Waals surface area contributed by atoms with E-state index < -0.39 is 0 Å². The molecule has 0 atom stereocenters. The lowest BCUT2D eigenvalue weighted by Gasteiger charge is -2.04. The Morgan fingerprint density at radius 3 is 2.57 bits per heavy atom. The summed E-state index contributed by atoms with van der Waals surface area (Å²) in [4.78, 5) is 2.32. The summed E-state index contributed by atoms with van der Waals surface area (Å²) in [6.45, 7) is 2.64. The maximum absolute atomic E-state index is 13.9. The van der Waals surface area contributed by atoms with E-state index >= 15 is 0 Å². The van der Waals surface area contributed by atoms with E-state index in [1.165, 1.54) is 10.9 Å². The summed E-state index contributed by atoms with van der Waals surface area (Å²) in [6, 6.07) is 17.3. The Bertz CT molecular complexity index is 795. The van der Waals surface area contributed by atoms with Crippen LogP contribution < -0.4 is 4.74 Å². The fourth-order valence-corrected chi connectivity index (χ4v) is 3.82. The van der Waals surface area contributed by atoms with Crippen molar-refractivity contribution in [2.45, 2.75) is 13.3 Å². The van der Waals surface area contributed by atoms with Crippen LogP contribution in [0.15, 0.2) is 59.1 Å². The maximum atomic E-state index is 13.9. The Labute approximate surface area is 147 Å². The SMILES string of the molecule is CCOc1ccc(-c2ccc(Cc3cc(Br)ccc3F)s2)cc1. The first-order valence-electron chi connectivity index (χ1n) is 7.41.